The SMILES string of the molecule is CCCCCCCCc1c(O)c(C(=O)c2cccc(O)c2O)c(CCCCCCCC)c(CCCCCCCC)c1CCCCCCCC. The van der Waals surface area contributed by atoms with Gasteiger partial charge in [0.1, 0.15) is 5.75 Å². The molecule has 0 aliphatic carbocycles. The zero-order chi connectivity index (χ0) is 35.7. The smallest absolute Gasteiger partial charge is 0.200 e. The Morgan fingerprint density at radius 2 is 0.776 bits per heavy atom. The van der Waals surface area contributed by atoms with Crippen LogP contribution in [0.4, 0.5) is 0 Å². The van der Waals surface area contributed by atoms with Gasteiger partial charge in [0, 0.05) is 0 Å². The highest BCUT2D eigenvalue weighted by atomic mass is 16.3. The second-order valence-corrected chi connectivity index (χ2v) is 14.7. The molecule has 0 fully saturated rings. The van der Waals surface area contributed by atoms with Crippen LogP contribution < -0.4 is 0 Å². The summed E-state index contributed by atoms with van der Waals surface area (Å²) >= 11 is 0. The molecule has 2 aromatic rings. The van der Waals surface area contributed by atoms with Crippen LogP contribution in [0.1, 0.15) is 220 Å². The van der Waals surface area contributed by atoms with Crippen molar-refractivity contribution >= 4 is 5.78 Å². The van der Waals surface area contributed by atoms with E-state index in [0.717, 1.165) is 75.3 Å². The number of hydrogen-bond donors (Lipinski definition) is 3. The average molecular weight is 679 g/mol. The highest BCUT2D eigenvalue weighted by Crippen LogP contribution is 2.41. The van der Waals surface area contributed by atoms with Gasteiger partial charge in [0.05, 0.1) is 11.1 Å². The van der Waals surface area contributed by atoms with E-state index in [9.17, 15) is 20.1 Å². The van der Waals surface area contributed by atoms with Gasteiger partial charge >= 0.3 is 0 Å². The number of unbranched alkanes of at least 4 members (excludes halogenated alkanes) is 20. The molecule has 0 saturated heterocycles. The number of para-hydroxylation sites is 1. The lowest BCUT2D eigenvalue weighted by atomic mass is 9.80. The van der Waals surface area contributed by atoms with Crippen molar-refractivity contribution < 1.29 is 20.1 Å². The molecule has 0 amide bonds. The first kappa shape index (κ1) is 42.7. The molecule has 0 heterocycles. The zero-order valence-corrected chi connectivity index (χ0v) is 32.3. The van der Waals surface area contributed by atoms with E-state index in [4.69, 9.17) is 0 Å². The number of aromatic hydroxyl groups is 3. The Labute approximate surface area is 301 Å². The lowest BCUT2D eigenvalue weighted by molar-refractivity contribution is 0.103. The van der Waals surface area contributed by atoms with E-state index in [0.29, 0.717) is 5.56 Å². The molecule has 3 N–H and O–H groups in total. The number of carbonyl (C=O) groups is 1. The van der Waals surface area contributed by atoms with Crippen LogP contribution in [-0.2, 0) is 25.7 Å². The van der Waals surface area contributed by atoms with Crippen LogP contribution in [0.15, 0.2) is 18.2 Å². The van der Waals surface area contributed by atoms with Crippen molar-refractivity contribution in [2.24, 2.45) is 0 Å². The molecule has 0 aliphatic rings. The monoisotopic (exact) mass is 679 g/mol. The van der Waals surface area contributed by atoms with Crippen molar-refractivity contribution in [3.63, 3.8) is 0 Å². The highest BCUT2D eigenvalue weighted by molar-refractivity contribution is 6.14. The summed E-state index contributed by atoms with van der Waals surface area (Å²) in [5.41, 5.74) is 5.04. The fourth-order valence-corrected chi connectivity index (χ4v) is 7.52. The van der Waals surface area contributed by atoms with Crippen LogP contribution in [0.3, 0.4) is 0 Å². The number of carbonyl (C=O) groups excluding carboxylic acids is 1. The van der Waals surface area contributed by atoms with E-state index >= 15 is 0 Å². The first-order valence-corrected chi connectivity index (χ1v) is 20.9. The van der Waals surface area contributed by atoms with Crippen molar-refractivity contribution in [3.05, 3.63) is 51.6 Å². The molecule has 2 aromatic carbocycles. The average Bonchev–Trinajstić information content (AvgIpc) is 3.10. The minimum atomic E-state index is -0.400. The van der Waals surface area contributed by atoms with Crippen LogP contribution >= 0.6 is 0 Å². The van der Waals surface area contributed by atoms with Gasteiger partial charge in [-0.3, -0.25) is 4.79 Å². The molecular weight excluding hydrogens is 604 g/mol. The van der Waals surface area contributed by atoms with E-state index in [-0.39, 0.29) is 22.8 Å². The lowest BCUT2D eigenvalue weighted by Crippen LogP contribution is -2.15. The standard InChI is InChI=1S/C45H74O4/c1-5-9-13-17-21-25-30-36-37(31-26-22-18-14-10-6-2)39(33-28-24-20-16-12-8-4)44(48)42(38(36)32-27-23-19-15-11-7-3)45(49)40-34-29-35-41(46)43(40)47/h29,34-35,46-48H,5-28,30-33H2,1-4H3. The number of hydrogen-bond acceptors (Lipinski definition) is 4. The van der Waals surface area contributed by atoms with Crippen molar-refractivity contribution in [1.29, 1.82) is 0 Å². The fourth-order valence-electron chi connectivity index (χ4n) is 7.52. The Kier molecular flexibility index (Phi) is 22.9. The molecule has 0 aromatic heterocycles. The van der Waals surface area contributed by atoms with E-state index in [1.165, 1.54) is 133 Å². The molecule has 0 radical (unpaired) electrons. The maximum atomic E-state index is 14.5. The number of benzene rings is 2. The molecule has 0 atom stereocenters. The number of ketones is 1. The van der Waals surface area contributed by atoms with Gasteiger partial charge in [-0.1, -0.05) is 162 Å². The Bertz CT molecular complexity index is 1180. The number of phenols is 3. The van der Waals surface area contributed by atoms with Gasteiger partial charge < -0.3 is 15.3 Å². The Balaban J connectivity index is 2.66. The van der Waals surface area contributed by atoms with E-state index in [1.807, 2.05) is 0 Å². The summed E-state index contributed by atoms with van der Waals surface area (Å²) in [6.45, 7) is 9.00. The maximum Gasteiger partial charge on any atom is 0.200 e. The molecule has 4 heteroatoms. The summed E-state index contributed by atoms with van der Waals surface area (Å²) < 4.78 is 0. The molecule has 0 bridgehead atoms. The maximum absolute atomic E-state index is 14.5. The van der Waals surface area contributed by atoms with Crippen molar-refractivity contribution in [1.82, 2.24) is 0 Å². The fraction of sp³-hybridized carbons (Fsp3) is 0.711. The van der Waals surface area contributed by atoms with Gasteiger partial charge in [0.25, 0.3) is 0 Å². The van der Waals surface area contributed by atoms with Gasteiger partial charge in [0.15, 0.2) is 11.5 Å². The van der Waals surface area contributed by atoms with Crippen molar-refractivity contribution in [2.45, 2.75) is 207 Å². The van der Waals surface area contributed by atoms with E-state index < -0.39 is 5.75 Å². The quantitative estimate of drug-likeness (QED) is 0.0436. The second kappa shape index (κ2) is 26.3. The molecule has 4 nitrogen and oxygen atoms in total. The van der Waals surface area contributed by atoms with E-state index in [1.54, 1.807) is 12.1 Å². The minimum absolute atomic E-state index is 0.0687. The first-order chi connectivity index (χ1) is 23.9. The third-order valence-corrected chi connectivity index (χ3v) is 10.5. The van der Waals surface area contributed by atoms with Crippen LogP contribution in [-0.4, -0.2) is 21.1 Å². The van der Waals surface area contributed by atoms with Crippen LogP contribution in [0.2, 0.25) is 0 Å². The number of phenolic OH excluding ortho intramolecular Hbond substituents is 3. The van der Waals surface area contributed by atoms with Gasteiger partial charge in [0.2, 0.25) is 5.78 Å². The molecule has 2 rings (SSSR count). The normalized spacial score (nSPS) is 11.4. The van der Waals surface area contributed by atoms with Crippen molar-refractivity contribution in [3.8, 4) is 17.2 Å². The van der Waals surface area contributed by atoms with Gasteiger partial charge in [-0.25, -0.2) is 0 Å². The minimum Gasteiger partial charge on any atom is -0.507 e. The lowest BCUT2D eigenvalue weighted by Gasteiger charge is -2.25. The second-order valence-electron chi connectivity index (χ2n) is 14.7. The largest absolute Gasteiger partial charge is 0.507 e. The van der Waals surface area contributed by atoms with Crippen LogP contribution in [0.25, 0.3) is 0 Å². The van der Waals surface area contributed by atoms with Crippen molar-refractivity contribution in [2.75, 3.05) is 0 Å². The van der Waals surface area contributed by atoms with Gasteiger partial charge in [-0.2, -0.15) is 0 Å². The van der Waals surface area contributed by atoms with Gasteiger partial charge in [-0.05, 0) is 85.8 Å². The molecule has 49 heavy (non-hydrogen) atoms. The molecule has 278 valence electrons. The summed E-state index contributed by atoms with van der Waals surface area (Å²) in [7, 11) is 0. The summed E-state index contributed by atoms with van der Waals surface area (Å²) in [6.07, 6.45) is 32.0. The summed E-state index contributed by atoms with van der Waals surface area (Å²) in [5.74, 6) is -0.938. The van der Waals surface area contributed by atoms with Crippen LogP contribution in [0.5, 0.6) is 17.2 Å². The predicted octanol–water partition coefficient (Wildman–Crippen LogP) is 13.6. The van der Waals surface area contributed by atoms with Gasteiger partial charge in [-0.15, -0.1) is 0 Å². The third-order valence-electron chi connectivity index (χ3n) is 10.5. The molecular formula is C45H74O4. The third kappa shape index (κ3) is 15.1. The first-order valence-electron chi connectivity index (χ1n) is 20.9. The molecule has 0 unspecified atom stereocenters. The number of rotatable bonds is 30. The predicted molar refractivity (Wildman–Crippen MR) is 210 cm³/mol. The summed E-state index contributed by atoms with van der Waals surface area (Å²) in [5, 5.41) is 33.4. The van der Waals surface area contributed by atoms with Crippen LogP contribution in [0, 0.1) is 0 Å². The topological polar surface area (TPSA) is 77.8 Å². The highest BCUT2D eigenvalue weighted by Gasteiger charge is 2.29. The Hall–Kier alpha value is -2.49. The Morgan fingerprint density at radius 3 is 1.20 bits per heavy atom. The van der Waals surface area contributed by atoms with E-state index in [2.05, 4.69) is 27.7 Å². The Morgan fingerprint density at radius 1 is 0.429 bits per heavy atom. The molecule has 0 spiro atoms. The molecule has 0 aliphatic heterocycles. The zero-order valence-electron chi connectivity index (χ0n) is 32.3. The summed E-state index contributed by atoms with van der Waals surface area (Å²) in [4.78, 5) is 14.5. The molecule has 0 saturated carbocycles. The summed E-state index contributed by atoms with van der Waals surface area (Å²) in [6, 6.07) is 4.59.